The molecule has 162 valence electrons. The minimum atomic E-state index is -0.889. The fraction of sp³-hybridized carbons (Fsp3) is 0.318. The van der Waals surface area contributed by atoms with E-state index in [2.05, 4.69) is 10.3 Å². The molecule has 5 nitrogen and oxygen atoms in total. The van der Waals surface area contributed by atoms with Crippen LogP contribution in [0, 0.1) is 11.8 Å². The number of aromatic nitrogens is 1. The summed E-state index contributed by atoms with van der Waals surface area (Å²) in [5, 5.41) is 13.6. The molecule has 0 bridgehead atoms. The summed E-state index contributed by atoms with van der Waals surface area (Å²) in [6, 6.07) is 11.0. The molecule has 1 aromatic heterocycles. The average molecular weight is 495 g/mol. The fourth-order valence-corrected chi connectivity index (χ4v) is 6.46. The van der Waals surface area contributed by atoms with Crippen molar-refractivity contribution in [1.82, 2.24) is 4.98 Å². The number of carboxylic acid groups (broad SMARTS) is 1. The maximum atomic E-state index is 12.7. The van der Waals surface area contributed by atoms with Gasteiger partial charge < -0.3 is 10.4 Å². The third kappa shape index (κ3) is 5.34. The highest BCUT2D eigenvalue weighted by atomic mass is 35.5. The Morgan fingerprint density at radius 1 is 1.13 bits per heavy atom. The molecular weight excluding hydrogens is 475 g/mol. The van der Waals surface area contributed by atoms with Gasteiger partial charge >= 0.3 is 5.97 Å². The molecule has 1 aliphatic rings. The smallest absolute Gasteiger partial charge is 0.307 e. The van der Waals surface area contributed by atoms with Crippen molar-refractivity contribution in [3.8, 4) is 0 Å². The molecule has 0 unspecified atom stereocenters. The summed E-state index contributed by atoms with van der Waals surface area (Å²) in [6.07, 6.45) is 2.91. The van der Waals surface area contributed by atoms with Crippen LogP contribution in [0.3, 0.4) is 0 Å². The number of halogens is 2. The van der Waals surface area contributed by atoms with Crippen molar-refractivity contribution >= 4 is 74.1 Å². The number of fused-ring (bicyclic) bond motifs is 1. The number of hydrogen-bond acceptors (Lipinski definition) is 5. The highest BCUT2D eigenvalue weighted by Gasteiger charge is 2.35. The lowest BCUT2D eigenvalue weighted by Gasteiger charge is -2.27. The van der Waals surface area contributed by atoms with Gasteiger partial charge in [0.05, 0.1) is 22.1 Å². The molecule has 1 aliphatic carbocycles. The van der Waals surface area contributed by atoms with E-state index in [0.717, 1.165) is 33.0 Å². The molecule has 2 N–H and O–H groups in total. The largest absolute Gasteiger partial charge is 0.481 e. The number of carbonyl (C=O) groups excluding carboxylic acids is 1. The molecule has 9 heteroatoms. The quantitative estimate of drug-likeness (QED) is 0.371. The zero-order valence-corrected chi connectivity index (χ0v) is 19.6. The molecule has 3 aromatic rings. The second kappa shape index (κ2) is 9.77. The van der Waals surface area contributed by atoms with Crippen LogP contribution in [-0.4, -0.2) is 22.0 Å². The molecule has 2 aromatic carbocycles. The van der Waals surface area contributed by atoms with Crippen LogP contribution in [0.1, 0.15) is 31.2 Å². The number of nitrogens with one attached hydrogen (secondary N) is 1. The molecule has 0 saturated heterocycles. The van der Waals surface area contributed by atoms with Crippen LogP contribution in [-0.2, 0) is 15.3 Å². The Labute approximate surface area is 198 Å². The van der Waals surface area contributed by atoms with Gasteiger partial charge in [-0.2, -0.15) is 0 Å². The topological polar surface area (TPSA) is 79.3 Å². The third-order valence-electron chi connectivity index (χ3n) is 5.42. The van der Waals surface area contributed by atoms with Crippen LogP contribution in [0.2, 0.25) is 10.0 Å². The van der Waals surface area contributed by atoms with Crippen LogP contribution < -0.4 is 5.32 Å². The highest BCUT2D eigenvalue weighted by Crippen LogP contribution is 2.35. The number of thioether (sulfide) groups is 1. The molecule has 1 amide bonds. The SMILES string of the molecule is O=C(O)[C@@H]1CCCC[C@H]1C(=O)Nc1ccc2nc(SCc3ccc(Cl)cc3Cl)sc2c1. The molecule has 1 heterocycles. The van der Waals surface area contributed by atoms with Gasteiger partial charge in [0.1, 0.15) is 0 Å². The van der Waals surface area contributed by atoms with Crippen LogP contribution in [0.4, 0.5) is 5.69 Å². The minimum absolute atomic E-state index is 0.219. The molecule has 0 radical (unpaired) electrons. The van der Waals surface area contributed by atoms with E-state index in [0.29, 0.717) is 34.3 Å². The van der Waals surface area contributed by atoms with Gasteiger partial charge in [0.15, 0.2) is 4.34 Å². The number of anilines is 1. The van der Waals surface area contributed by atoms with E-state index in [-0.39, 0.29) is 5.91 Å². The first-order valence-electron chi connectivity index (χ1n) is 9.91. The zero-order chi connectivity index (χ0) is 22.0. The highest BCUT2D eigenvalue weighted by molar-refractivity contribution is 8.00. The van der Waals surface area contributed by atoms with Gasteiger partial charge in [0.25, 0.3) is 0 Å². The number of amides is 1. The Morgan fingerprint density at radius 2 is 1.90 bits per heavy atom. The van der Waals surface area contributed by atoms with Crippen molar-refractivity contribution in [2.24, 2.45) is 11.8 Å². The summed E-state index contributed by atoms with van der Waals surface area (Å²) in [6.45, 7) is 0. The Morgan fingerprint density at radius 3 is 2.65 bits per heavy atom. The second-order valence-corrected chi connectivity index (χ2v) is 10.6. The molecule has 31 heavy (non-hydrogen) atoms. The lowest BCUT2D eigenvalue weighted by molar-refractivity contribution is -0.147. The van der Waals surface area contributed by atoms with Gasteiger partial charge in [-0.3, -0.25) is 9.59 Å². The van der Waals surface area contributed by atoms with Crippen LogP contribution in [0.15, 0.2) is 40.7 Å². The van der Waals surface area contributed by atoms with Crippen LogP contribution >= 0.6 is 46.3 Å². The molecule has 0 spiro atoms. The number of hydrogen-bond donors (Lipinski definition) is 2. The van der Waals surface area contributed by atoms with Crippen LogP contribution in [0.5, 0.6) is 0 Å². The molecule has 2 atom stereocenters. The first-order chi connectivity index (χ1) is 14.9. The van der Waals surface area contributed by atoms with Gasteiger partial charge in [-0.1, -0.05) is 53.9 Å². The predicted molar refractivity (Wildman–Crippen MR) is 127 cm³/mol. The Kier molecular flexibility index (Phi) is 7.06. The molecule has 0 aliphatic heterocycles. The van der Waals surface area contributed by atoms with Gasteiger partial charge in [-0.15, -0.1) is 11.3 Å². The molecular formula is C22H20Cl2N2O3S2. The van der Waals surface area contributed by atoms with Crippen LogP contribution in [0.25, 0.3) is 10.2 Å². The molecule has 1 saturated carbocycles. The van der Waals surface area contributed by atoms with Crippen molar-refractivity contribution in [1.29, 1.82) is 0 Å². The summed E-state index contributed by atoms with van der Waals surface area (Å²) in [7, 11) is 0. The summed E-state index contributed by atoms with van der Waals surface area (Å²) in [5.74, 6) is -1.53. The van der Waals surface area contributed by atoms with Gasteiger partial charge in [-0.25, -0.2) is 4.98 Å². The number of nitrogens with zero attached hydrogens (tertiary/aromatic N) is 1. The third-order valence-corrected chi connectivity index (χ3v) is 8.22. The van der Waals surface area contributed by atoms with E-state index in [9.17, 15) is 14.7 Å². The molecule has 1 fully saturated rings. The first kappa shape index (κ1) is 22.4. The van der Waals surface area contributed by atoms with Gasteiger partial charge in [-0.05, 0) is 48.7 Å². The van der Waals surface area contributed by atoms with Gasteiger partial charge in [0.2, 0.25) is 5.91 Å². The number of aliphatic carboxylic acids is 1. The lowest BCUT2D eigenvalue weighted by atomic mass is 9.78. The average Bonchev–Trinajstić information content (AvgIpc) is 3.15. The standard InChI is InChI=1S/C22H20Cl2N2O3S2/c23-13-6-5-12(17(24)9-13)11-30-22-26-18-8-7-14(10-19(18)31-22)25-20(27)15-3-1-2-4-16(15)21(28)29/h5-10,15-16H,1-4,11H2,(H,25,27)(H,28,29)/t15-,16-/m1/s1. The second-order valence-electron chi connectivity index (χ2n) is 7.51. The lowest BCUT2D eigenvalue weighted by Crippen LogP contribution is -2.36. The van der Waals surface area contributed by atoms with Crippen molar-refractivity contribution in [2.75, 3.05) is 5.32 Å². The van der Waals surface area contributed by atoms with E-state index in [4.69, 9.17) is 23.2 Å². The van der Waals surface area contributed by atoms with E-state index < -0.39 is 17.8 Å². The fourth-order valence-electron chi connectivity index (χ4n) is 3.80. The summed E-state index contributed by atoms with van der Waals surface area (Å²) >= 11 is 15.3. The normalized spacial score (nSPS) is 18.8. The summed E-state index contributed by atoms with van der Waals surface area (Å²) in [4.78, 5) is 28.9. The maximum absolute atomic E-state index is 12.7. The Balaban J connectivity index is 1.44. The van der Waals surface area contributed by atoms with E-state index in [1.807, 2.05) is 30.3 Å². The van der Waals surface area contributed by atoms with Crippen molar-refractivity contribution < 1.29 is 14.7 Å². The van der Waals surface area contributed by atoms with E-state index in [1.165, 1.54) is 0 Å². The van der Waals surface area contributed by atoms with Gasteiger partial charge in [0, 0.05) is 21.5 Å². The predicted octanol–water partition coefficient (Wildman–Crippen LogP) is 6.72. The summed E-state index contributed by atoms with van der Waals surface area (Å²) in [5.41, 5.74) is 2.51. The number of rotatable bonds is 6. The zero-order valence-electron chi connectivity index (χ0n) is 16.4. The Bertz CT molecular complexity index is 1140. The maximum Gasteiger partial charge on any atom is 0.307 e. The minimum Gasteiger partial charge on any atom is -0.481 e. The van der Waals surface area contributed by atoms with Crippen molar-refractivity contribution in [2.45, 2.75) is 35.8 Å². The summed E-state index contributed by atoms with van der Waals surface area (Å²) < 4.78 is 1.86. The van der Waals surface area contributed by atoms with E-state index >= 15 is 0 Å². The Hall–Kier alpha value is -1.80. The molecule has 4 rings (SSSR count). The van der Waals surface area contributed by atoms with E-state index in [1.54, 1.807) is 29.2 Å². The number of benzene rings is 2. The number of thiazole rings is 1. The number of carboxylic acids is 1. The van der Waals surface area contributed by atoms with Crippen molar-refractivity contribution in [3.05, 3.63) is 52.0 Å². The first-order valence-corrected chi connectivity index (χ1v) is 12.5. The van der Waals surface area contributed by atoms with Crippen molar-refractivity contribution in [3.63, 3.8) is 0 Å². The number of carbonyl (C=O) groups is 2. The monoisotopic (exact) mass is 494 g/mol.